The molecule has 0 saturated carbocycles. The first kappa shape index (κ1) is 34.5. The van der Waals surface area contributed by atoms with E-state index in [1.165, 1.54) is 13.1 Å². The van der Waals surface area contributed by atoms with Crippen LogP contribution in [0.15, 0.2) is 67.0 Å². The fourth-order valence-electron chi connectivity index (χ4n) is 5.02. The van der Waals surface area contributed by atoms with Crippen molar-refractivity contribution in [3.8, 4) is 34.1 Å². The van der Waals surface area contributed by atoms with E-state index in [1.807, 2.05) is 43.3 Å². The molecule has 2 heterocycles. The molecule has 0 amide bonds. The molecule has 1 aliphatic heterocycles. The molecule has 0 aliphatic carbocycles. The second kappa shape index (κ2) is 15.4. The van der Waals surface area contributed by atoms with Gasteiger partial charge in [0, 0.05) is 36.1 Å². The van der Waals surface area contributed by atoms with Crippen molar-refractivity contribution < 1.29 is 43.5 Å². The van der Waals surface area contributed by atoms with Crippen LogP contribution in [0, 0.1) is 6.92 Å². The smallest absolute Gasteiger partial charge is 0.339 e. The van der Waals surface area contributed by atoms with Gasteiger partial charge in [0.15, 0.2) is 11.5 Å². The Morgan fingerprint density at radius 2 is 1.75 bits per heavy atom. The molecule has 48 heavy (non-hydrogen) atoms. The largest absolute Gasteiger partial charge is 0.488 e. The third-order valence-corrected chi connectivity index (χ3v) is 8.25. The molecule has 11 nitrogen and oxygen atoms in total. The molecule has 1 aromatic heterocycles. The average molecular weight is 677 g/mol. The van der Waals surface area contributed by atoms with Crippen LogP contribution in [0.25, 0.3) is 11.1 Å². The van der Waals surface area contributed by atoms with E-state index in [1.54, 1.807) is 31.3 Å². The molecule has 1 atom stereocenters. The quantitative estimate of drug-likeness (QED) is 0.141. The number of aliphatic hydroxyl groups is 1. The minimum Gasteiger partial charge on any atom is -0.488 e. The highest BCUT2D eigenvalue weighted by Crippen LogP contribution is 2.37. The van der Waals surface area contributed by atoms with Crippen LogP contribution in [0.1, 0.15) is 46.5 Å². The Bertz CT molecular complexity index is 1800. The highest BCUT2D eigenvalue weighted by molar-refractivity contribution is 6.32. The number of fused-ring (bicyclic) bond motifs is 1. The first-order valence-corrected chi connectivity index (χ1v) is 15.8. The van der Waals surface area contributed by atoms with Gasteiger partial charge in [0.05, 0.1) is 23.8 Å². The summed E-state index contributed by atoms with van der Waals surface area (Å²) in [6, 6.07) is 16.7. The highest BCUT2D eigenvalue weighted by Gasteiger charge is 2.32. The van der Waals surface area contributed by atoms with E-state index in [4.69, 9.17) is 35.3 Å². The molecule has 252 valence electrons. The van der Waals surface area contributed by atoms with Crippen LogP contribution < -0.4 is 24.3 Å². The number of aromatic nitrogens is 1. The number of ether oxygens (including phenoxy) is 5. The van der Waals surface area contributed by atoms with Crippen molar-refractivity contribution in [1.82, 2.24) is 10.3 Å². The van der Waals surface area contributed by atoms with Gasteiger partial charge in [0.1, 0.15) is 43.5 Å². The van der Waals surface area contributed by atoms with Crippen LogP contribution in [0.3, 0.4) is 0 Å². The summed E-state index contributed by atoms with van der Waals surface area (Å²) < 4.78 is 28.9. The van der Waals surface area contributed by atoms with E-state index in [2.05, 4.69) is 10.3 Å². The number of aliphatic carboxylic acids is 1. The zero-order chi connectivity index (χ0) is 34.3. The Balaban J connectivity index is 1.39. The Hall–Kier alpha value is -4.84. The number of nitrogens with one attached hydrogen (secondary N) is 1. The summed E-state index contributed by atoms with van der Waals surface area (Å²) in [5, 5.41) is 22.5. The summed E-state index contributed by atoms with van der Waals surface area (Å²) in [5.74, 6) is 0.426. The second-order valence-electron chi connectivity index (χ2n) is 11.4. The molecule has 1 aliphatic rings. The Morgan fingerprint density at radius 1 is 0.979 bits per heavy atom. The van der Waals surface area contributed by atoms with Crippen molar-refractivity contribution in [3.63, 3.8) is 0 Å². The van der Waals surface area contributed by atoms with Crippen LogP contribution in [0.5, 0.6) is 23.0 Å². The summed E-state index contributed by atoms with van der Waals surface area (Å²) in [7, 11) is 0. The van der Waals surface area contributed by atoms with Crippen LogP contribution in [-0.4, -0.2) is 59.1 Å². The third-order valence-electron chi connectivity index (χ3n) is 7.95. The number of carbonyl (C=O) groups excluding carboxylic acids is 1. The standard InChI is InChI=1S/C36H37ClN2O9/c1-4-44-34(41)27-12-23(16-38-17-27)19-47-31-15-32(29(37)13-26(31)18-39-36(3,21-40)35(42)43)48-20-25-6-5-7-28(22(25)2)24-8-9-30-33(14-24)46-11-10-45-30/h5-9,12-17,39-40H,4,10-11,18-21H2,1-3H3,(H,42,43)/t36-/m0/s1. The van der Waals surface area contributed by atoms with Gasteiger partial charge < -0.3 is 33.9 Å². The number of carboxylic acid groups (broad SMARTS) is 1. The van der Waals surface area contributed by atoms with Gasteiger partial charge in [-0.3, -0.25) is 15.1 Å². The van der Waals surface area contributed by atoms with Crippen molar-refractivity contribution in [2.24, 2.45) is 0 Å². The Labute approximate surface area is 283 Å². The van der Waals surface area contributed by atoms with Crippen molar-refractivity contribution in [2.75, 3.05) is 26.4 Å². The van der Waals surface area contributed by atoms with Gasteiger partial charge in [-0.1, -0.05) is 35.9 Å². The summed E-state index contributed by atoms with van der Waals surface area (Å²) in [4.78, 5) is 28.1. The molecule has 5 rings (SSSR count). The molecule has 0 unspecified atom stereocenters. The molecule has 3 N–H and O–H groups in total. The van der Waals surface area contributed by atoms with E-state index < -0.39 is 24.1 Å². The van der Waals surface area contributed by atoms with Gasteiger partial charge in [0.2, 0.25) is 0 Å². The van der Waals surface area contributed by atoms with Crippen molar-refractivity contribution in [1.29, 1.82) is 0 Å². The predicted molar refractivity (Wildman–Crippen MR) is 178 cm³/mol. The normalized spacial score (nSPS) is 13.4. The second-order valence-corrected chi connectivity index (χ2v) is 11.8. The number of esters is 1. The van der Waals surface area contributed by atoms with Crippen LogP contribution in [0.4, 0.5) is 0 Å². The first-order chi connectivity index (χ1) is 23.1. The number of carboxylic acids is 1. The maximum absolute atomic E-state index is 12.2. The molecule has 0 radical (unpaired) electrons. The van der Waals surface area contributed by atoms with Gasteiger partial charge in [-0.15, -0.1) is 0 Å². The number of benzene rings is 3. The lowest BCUT2D eigenvalue weighted by Gasteiger charge is -2.25. The average Bonchev–Trinajstić information content (AvgIpc) is 3.10. The molecule has 0 fully saturated rings. The summed E-state index contributed by atoms with van der Waals surface area (Å²) in [5.41, 5.74) is 3.79. The van der Waals surface area contributed by atoms with Crippen LogP contribution in [0.2, 0.25) is 5.02 Å². The number of hydrogen-bond donors (Lipinski definition) is 3. The molecule has 12 heteroatoms. The first-order valence-electron chi connectivity index (χ1n) is 15.4. The van der Waals surface area contributed by atoms with Gasteiger partial charge in [-0.25, -0.2) is 4.79 Å². The van der Waals surface area contributed by atoms with Crippen LogP contribution >= 0.6 is 11.6 Å². The van der Waals surface area contributed by atoms with Crippen molar-refractivity contribution >= 4 is 23.5 Å². The maximum atomic E-state index is 12.2. The number of aliphatic hydroxyl groups excluding tert-OH is 1. The number of rotatable bonds is 14. The van der Waals surface area contributed by atoms with E-state index in [0.717, 1.165) is 28.0 Å². The van der Waals surface area contributed by atoms with E-state index in [0.29, 0.717) is 41.6 Å². The number of carbonyl (C=O) groups is 2. The lowest BCUT2D eigenvalue weighted by molar-refractivity contribution is -0.145. The van der Waals surface area contributed by atoms with Gasteiger partial charge in [0.25, 0.3) is 0 Å². The molecule has 0 spiro atoms. The minimum atomic E-state index is -1.60. The number of pyridine rings is 1. The molecule has 0 bridgehead atoms. The SMILES string of the molecule is CCOC(=O)c1cncc(COc2cc(OCc3cccc(-c4ccc5c(c4)OCCO5)c3C)c(Cl)cc2CN[C@@](C)(CO)C(=O)O)c1. The maximum Gasteiger partial charge on any atom is 0.339 e. The lowest BCUT2D eigenvalue weighted by Crippen LogP contribution is -2.52. The molecular formula is C36H37ClN2O9. The monoisotopic (exact) mass is 676 g/mol. The number of nitrogens with zero attached hydrogens (tertiary/aromatic N) is 1. The van der Waals surface area contributed by atoms with E-state index in [-0.39, 0.29) is 37.0 Å². The van der Waals surface area contributed by atoms with Gasteiger partial charge >= 0.3 is 11.9 Å². The predicted octanol–water partition coefficient (Wildman–Crippen LogP) is 5.74. The van der Waals surface area contributed by atoms with Gasteiger partial charge in [-0.2, -0.15) is 0 Å². The summed E-state index contributed by atoms with van der Waals surface area (Å²) in [6.45, 7) is 5.98. The zero-order valence-corrected chi connectivity index (χ0v) is 27.6. The molecular weight excluding hydrogens is 640 g/mol. The van der Waals surface area contributed by atoms with E-state index in [9.17, 15) is 19.8 Å². The highest BCUT2D eigenvalue weighted by atomic mass is 35.5. The lowest BCUT2D eigenvalue weighted by atomic mass is 9.96. The minimum absolute atomic E-state index is 0.0104. The van der Waals surface area contributed by atoms with Crippen LogP contribution in [-0.2, 0) is 29.3 Å². The Morgan fingerprint density at radius 3 is 2.50 bits per heavy atom. The molecule has 3 aromatic carbocycles. The molecule has 0 saturated heterocycles. The van der Waals surface area contributed by atoms with E-state index >= 15 is 0 Å². The summed E-state index contributed by atoms with van der Waals surface area (Å²) >= 11 is 6.69. The van der Waals surface area contributed by atoms with Crippen molar-refractivity contribution in [2.45, 2.75) is 46.1 Å². The van der Waals surface area contributed by atoms with Gasteiger partial charge in [-0.05, 0) is 67.3 Å². The van der Waals surface area contributed by atoms with Crippen molar-refractivity contribution in [3.05, 3.63) is 99.8 Å². The topological polar surface area (TPSA) is 146 Å². The fourth-order valence-corrected chi connectivity index (χ4v) is 5.26. The molecule has 4 aromatic rings. The number of halogens is 1. The number of hydrogen-bond acceptors (Lipinski definition) is 10. The third kappa shape index (κ3) is 7.99. The Kier molecular flexibility index (Phi) is 11.0. The fraction of sp³-hybridized carbons (Fsp3) is 0.306. The summed E-state index contributed by atoms with van der Waals surface area (Å²) in [6.07, 6.45) is 2.98. The zero-order valence-electron chi connectivity index (χ0n) is 26.9.